The normalized spacial score (nSPS) is 11.6. The molecule has 0 saturated heterocycles. The third-order valence-electron chi connectivity index (χ3n) is 5.71. The molecule has 33 heavy (non-hydrogen) atoms. The van der Waals surface area contributed by atoms with Crippen molar-refractivity contribution in [3.05, 3.63) is 69.4 Å². The van der Waals surface area contributed by atoms with E-state index in [2.05, 4.69) is 76.2 Å². The van der Waals surface area contributed by atoms with E-state index in [4.69, 9.17) is 8.75 Å². The highest BCUT2D eigenvalue weighted by Gasteiger charge is 2.19. The largest absolute Gasteiger partial charge is 0.172 e. The Morgan fingerprint density at radius 2 is 0.970 bits per heavy atom. The first-order chi connectivity index (χ1) is 16.0. The van der Waals surface area contributed by atoms with Crippen LogP contribution in [0.5, 0.6) is 0 Å². The standard InChI is InChI=1S/C26H20N2S5/c1-13-11-21(31-25(13)19-9-5-15(3)29-19)17-7-8-18(24-23(17)27-33-28-24)22-12-14(2)26(32-22)20-10-6-16(4)30-20/h5-12H,1-4H3. The molecule has 6 aromatic rings. The Labute approximate surface area is 213 Å². The second kappa shape index (κ2) is 8.25. The van der Waals surface area contributed by atoms with E-state index in [1.807, 2.05) is 45.3 Å². The van der Waals surface area contributed by atoms with Gasteiger partial charge in [-0.2, -0.15) is 8.75 Å². The summed E-state index contributed by atoms with van der Waals surface area (Å²) in [6.45, 7) is 8.74. The van der Waals surface area contributed by atoms with Gasteiger partial charge >= 0.3 is 0 Å². The summed E-state index contributed by atoms with van der Waals surface area (Å²) in [6, 6.07) is 17.9. The monoisotopic (exact) mass is 520 g/mol. The van der Waals surface area contributed by atoms with Crippen molar-refractivity contribution in [2.24, 2.45) is 0 Å². The van der Waals surface area contributed by atoms with Gasteiger partial charge in [0, 0.05) is 50.1 Å². The first-order valence-corrected chi connectivity index (χ1v) is 14.6. The lowest BCUT2D eigenvalue weighted by molar-refractivity contribution is 1.54. The molecule has 0 aliphatic rings. The highest BCUT2D eigenvalue weighted by Crippen LogP contribution is 2.46. The molecule has 6 rings (SSSR count). The second-order valence-electron chi connectivity index (χ2n) is 8.19. The molecule has 5 heterocycles. The third-order valence-corrected chi connectivity index (χ3v) is 11.1. The number of fused-ring (bicyclic) bond motifs is 1. The third kappa shape index (κ3) is 3.72. The summed E-state index contributed by atoms with van der Waals surface area (Å²) < 4.78 is 9.47. The van der Waals surface area contributed by atoms with Crippen LogP contribution in [0, 0.1) is 27.7 Å². The van der Waals surface area contributed by atoms with Gasteiger partial charge in [-0.25, -0.2) is 0 Å². The number of benzene rings is 1. The predicted molar refractivity (Wildman–Crippen MR) is 150 cm³/mol. The lowest BCUT2D eigenvalue weighted by Crippen LogP contribution is -1.82. The number of nitrogens with zero attached hydrogens (tertiary/aromatic N) is 2. The van der Waals surface area contributed by atoms with E-state index in [1.54, 1.807) is 0 Å². The molecule has 5 aromatic heterocycles. The topological polar surface area (TPSA) is 25.8 Å². The van der Waals surface area contributed by atoms with E-state index >= 15 is 0 Å². The number of rotatable bonds is 4. The summed E-state index contributed by atoms with van der Waals surface area (Å²) in [5, 5.41) is 0. The molecule has 0 spiro atoms. The fourth-order valence-electron chi connectivity index (χ4n) is 4.10. The van der Waals surface area contributed by atoms with Crippen molar-refractivity contribution < 1.29 is 0 Å². The van der Waals surface area contributed by atoms with Crippen LogP contribution in [0.4, 0.5) is 0 Å². The molecular formula is C26H20N2S5. The first-order valence-electron chi connectivity index (χ1n) is 10.6. The quantitative estimate of drug-likeness (QED) is 0.231. The summed E-state index contributed by atoms with van der Waals surface area (Å²) in [5.74, 6) is 0. The Morgan fingerprint density at radius 1 is 0.515 bits per heavy atom. The summed E-state index contributed by atoms with van der Waals surface area (Å²) in [5.41, 5.74) is 7.01. The second-order valence-corrected chi connectivity index (χ2v) is 13.4. The van der Waals surface area contributed by atoms with Crippen molar-refractivity contribution in [3.63, 3.8) is 0 Å². The molecule has 0 saturated carbocycles. The fraction of sp³-hybridized carbons (Fsp3) is 0.154. The van der Waals surface area contributed by atoms with Crippen molar-refractivity contribution in [3.8, 4) is 40.4 Å². The smallest absolute Gasteiger partial charge is 0.114 e. The van der Waals surface area contributed by atoms with Gasteiger partial charge in [-0.15, -0.1) is 45.3 Å². The minimum absolute atomic E-state index is 1.01. The van der Waals surface area contributed by atoms with Crippen LogP contribution in [0.2, 0.25) is 0 Å². The van der Waals surface area contributed by atoms with E-state index < -0.39 is 0 Å². The van der Waals surface area contributed by atoms with Crippen molar-refractivity contribution in [1.29, 1.82) is 0 Å². The first kappa shape index (κ1) is 21.4. The van der Waals surface area contributed by atoms with Crippen LogP contribution < -0.4 is 0 Å². The Hall–Kier alpha value is -2.16. The molecule has 2 nitrogen and oxygen atoms in total. The average Bonchev–Trinajstić information content (AvgIpc) is 3.59. The van der Waals surface area contributed by atoms with Crippen LogP contribution in [0.15, 0.2) is 48.5 Å². The van der Waals surface area contributed by atoms with Gasteiger partial charge in [0.2, 0.25) is 0 Å². The SMILES string of the molecule is Cc1ccc(-c2sc(-c3ccc(-c4cc(C)c(-c5ccc(C)s5)s4)c4nsnc34)cc2C)s1. The van der Waals surface area contributed by atoms with E-state index in [9.17, 15) is 0 Å². The van der Waals surface area contributed by atoms with Crippen molar-refractivity contribution >= 4 is 68.1 Å². The number of hydrogen-bond acceptors (Lipinski definition) is 7. The molecule has 0 aliphatic carbocycles. The lowest BCUT2D eigenvalue weighted by atomic mass is 10.0. The van der Waals surface area contributed by atoms with Gasteiger partial charge in [-0.1, -0.05) is 12.1 Å². The molecular weight excluding hydrogens is 501 g/mol. The van der Waals surface area contributed by atoms with Gasteiger partial charge in [-0.05, 0) is 75.2 Å². The number of aromatic nitrogens is 2. The zero-order valence-electron chi connectivity index (χ0n) is 18.6. The van der Waals surface area contributed by atoms with Crippen LogP contribution in [-0.2, 0) is 0 Å². The number of aryl methyl sites for hydroxylation is 4. The number of hydrogen-bond donors (Lipinski definition) is 0. The summed E-state index contributed by atoms with van der Waals surface area (Å²) in [6.07, 6.45) is 0. The van der Waals surface area contributed by atoms with Crippen molar-refractivity contribution in [2.45, 2.75) is 27.7 Å². The van der Waals surface area contributed by atoms with E-state index in [0.29, 0.717) is 0 Å². The maximum atomic E-state index is 4.73. The van der Waals surface area contributed by atoms with Gasteiger partial charge in [0.05, 0.1) is 11.7 Å². The molecule has 7 heteroatoms. The Morgan fingerprint density at radius 3 is 1.36 bits per heavy atom. The van der Waals surface area contributed by atoms with E-state index in [0.717, 1.165) is 11.0 Å². The van der Waals surface area contributed by atoms with Crippen molar-refractivity contribution in [1.82, 2.24) is 8.75 Å². The Bertz CT molecular complexity index is 1500. The van der Waals surface area contributed by atoms with Gasteiger partial charge in [0.25, 0.3) is 0 Å². The minimum atomic E-state index is 1.01. The van der Waals surface area contributed by atoms with Gasteiger partial charge in [0.15, 0.2) is 0 Å². The van der Waals surface area contributed by atoms with Crippen LogP contribution in [0.3, 0.4) is 0 Å². The van der Waals surface area contributed by atoms with Crippen LogP contribution in [0.25, 0.3) is 51.4 Å². The lowest BCUT2D eigenvalue weighted by Gasteiger charge is -2.03. The Balaban J connectivity index is 1.45. The maximum absolute atomic E-state index is 4.73. The molecule has 0 bridgehead atoms. The molecule has 0 N–H and O–H groups in total. The van der Waals surface area contributed by atoms with Gasteiger partial charge in [-0.3, -0.25) is 0 Å². The molecule has 0 radical (unpaired) electrons. The van der Waals surface area contributed by atoms with Gasteiger partial charge < -0.3 is 0 Å². The van der Waals surface area contributed by atoms with Crippen LogP contribution >= 0.6 is 57.1 Å². The van der Waals surface area contributed by atoms with E-state index in [1.165, 1.54) is 73.0 Å². The summed E-state index contributed by atoms with van der Waals surface area (Å²) in [4.78, 5) is 10.6. The zero-order valence-corrected chi connectivity index (χ0v) is 22.6. The summed E-state index contributed by atoms with van der Waals surface area (Å²) in [7, 11) is 0. The minimum Gasteiger partial charge on any atom is -0.172 e. The number of thiophene rings is 4. The fourth-order valence-corrected chi connectivity index (χ4v) is 9.15. The molecule has 0 unspecified atom stereocenters. The maximum Gasteiger partial charge on any atom is 0.114 e. The van der Waals surface area contributed by atoms with E-state index in [-0.39, 0.29) is 0 Å². The van der Waals surface area contributed by atoms with Gasteiger partial charge in [0.1, 0.15) is 11.0 Å². The molecule has 0 aliphatic heterocycles. The molecule has 0 amide bonds. The highest BCUT2D eigenvalue weighted by molar-refractivity contribution is 7.24. The summed E-state index contributed by atoms with van der Waals surface area (Å²) >= 11 is 8.74. The zero-order chi connectivity index (χ0) is 22.7. The molecule has 164 valence electrons. The molecule has 0 fully saturated rings. The highest BCUT2D eigenvalue weighted by atomic mass is 32.1. The van der Waals surface area contributed by atoms with Crippen LogP contribution in [-0.4, -0.2) is 8.75 Å². The van der Waals surface area contributed by atoms with Crippen molar-refractivity contribution in [2.75, 3.05) is 0 Å². The Kier molecular flexibility index (Phi) is 5.35. The molecule has 0 atom stereocenters. The molecule has 1 aromatic carbocycles. The predicted octanol–water partition coefficient (Wildman–Crippen LogP) is 9.84. The van der Waals surface area contributed by atoms with Crippen LogP contribution in [0.1, 0.15) is 20.9 Å². The average molecular weight is 521 g/mol.